The predicted octanol–water partition coefficient (Wildman–Crippen LogP) is 3.21. The smallest absolute Gasteiger partial charge is 0.411 e. The third kappa shape index (κ3) is 2.86. The van der Waals surface area contributed by atoms with E-state index in [1.807, 2.05) is 0 Å². The van der Waals surface area contributed by atoms with Crippen LogP contribution in [0.2, 0.25) is 0 Å². The molecule has 1 fully saturated rings. The SMILES string of the molecule is C=C1[C@H]2C=C[C@@H]([C@@H]1S(=O)(=O)C(Cl)(Cl)Cl)N2C(=O)OC(C)(C)C. The van der Waals surface area contributed by atoms with E-state index in [1.165, 1.54) is 4.90 Å². The molecule has 2 aliphatic rings. The van der Waals surface area contributed by atoms with Crippen molar-refractivity contribution in [3.63, 3.8) is 0 Å². The molecule has 9 heteroatoms. The molecule has 0 unspecified atom stereocenters. The van der Waals surface area contributed by atoms with E-state index in [2.05, 4.69) is 6.58 Å². The molecule has 0 aliphatic carbocycles. The summed E-state index contributed by atoms with van der Waals surface area (Å²) < 4.78 is 27.7. The van der Waals surface area contributed by atoms with Crippen LogP contribution < -0.4 is 0 Å². The Morgan fingerprint density at radius 3 is 2.27 bits per heavy atom. The second-order valence-corrected chi connectivity index (χ2v) is 11.4. The lowest BCUT2D eigenvalue weighted by atomic mass is 10.0. The lowest BCUT2D eigenvalue weighted by Gasteiger charge is -2.28. The fraction of sp³-hybridized carbons (Fsp3) is 0.615. The van der Waals surface area contributed by atoms with Crippen LogP contribution >= 0.6 is 34.8 Å². The van der Waals surface area contributed by atoms with Crippen LogP contribution in [0.25, 0.3) is 0 Å². The van der Waals surface area contributed by atoms with Crippen molar-refractivity contribution in [2.75, 3.05) is 0 Å². The van der Waals surface area contributed by atoms with Gasteiger partial charge >= 0.3 is 6.09 Å². The normalized spacial score (nSPS) is 28.4. The van der Waals surface area contributed by atoms with Crippen molar-refractivity contribution in [2.24, 2.45) is 0 Å². The maximum absolute atomic E-state index is 12.4. The van der Waals surface area contributed by atoms with Crippen molar-refractivity contribution in [3.8, 4) is 0 Å². The first kappa shape index (κ1) is 17.9. The first-order chi connectivity index (χ1) is 9.77. The van der Waals surface area contributed by atoms with Gasteiger partial charge in [-0.1, -0.05) is 53.5 Å². The molecule has 0 aromatic rings. The number of ether oxygens (including phenoxy) is 1. The summed E-state index contributed by atoms with van der Waals surface area (Å²) in [6, 6.07) is -1.36. The monoisotopic (exact) mass is 387 g/mol. The van der Waals surface area contributed by atoms with E-state index in [1.54, 1.807) is 32.9 Å². The summed E-state index contributed by atoms with van der Waals surface area (Å²) in [6.45, 7) is 8.94. The number of hydrogen-bond acceptors (Lipinski definition) is 4. The van der Waals surface area contributed by atoms with Gasteiger partial charge in [0.1, 0.15) is 10.9 Å². The lowest BCUT2D eigenvalue weighted by molar-refractivity contribution is 0.0240. The second kappa shape index (κ2) is 5.30. The van der Waals surface area contributed by atoms with Gasteiger partial charge in [0, 0.05) is 0 Å². The summed E-state index contributed by atoms with van der Waals surface area (Å²) in [5.74, 6) is 0. The zero-order valence-corrected chi connectivity index (χ0v) is 15.3. The highest BCUT2D eigenvalue weighted by atomic mass is 35.6. The van der Waals surface area contributed by atoms with E-state index in [0.717, 1.165) is 0 Å². The van der Waals surface area contributed by atoms with Crippen LogP contribution in [0.1, 0.15) is 20.8 Å². The van der Waals surface area contributed by atoms with Gasteiger partial charge in [-0.25, -0.2) is 13.2 Å². The number of carbonyl (C=O) groups is 1. The van der Waals surface area contributed by atoms with Crippen molar-refractivity contribution >= 4 is 50.7 Å². The Labute approximate surface area is 144 Å². The second-order valence-electron chi connectivity index (χ2n) is 6.19. The van der Waals surface area contributed by atoms with Crippen molar-refractivity contribution < 1.29 is 17.9 Å². The first-order valence-corrected chi connectivity index (χ1v) is 9.14. The number of amides is 1. The molecule has 5 nitrogen and oxygen atoms in total. The number of halogens is 3. The van der Waals surface area contributed by atoms with Gasteiger partial charge < -0.3 is 4.74 Å². The Balaban J connectivity index is 2.36. The minimum absolute atomic E-state index is 0.296. The maximum Gasteiger partial charge on any atom is 0.411 e. The standard InChI is InChI=1S/C13H16Cl3NO4S/c1-7-8-5-6-9(10(7)22(19,20)13(14,15)16)17(8)11(18)21-12(2,3)4/h5-6,8-10H,1H2,2-4H3/t8-,9+,10-/m1/s1. The molecular formula is C13H16Cl3NO4S. The van der Waals surface area contributed by atoms with Gasteiger partial charge in [-0.2, -0.15) is 0 Å². The molecule has 2 heterocycles. The van der Waals surface area contributed by atoms with E-state index >= 15 is 0 Å². The molecule has 0 N–H and O–H groups in total. The van der Waals surface area contributed by atoms with Crippen molar-refractivity contribution in [1.29, 1.82) is 0 Å². The topological polar surface area (TPSA) is 63.7 Å². The molecule has 2 aliphatic heterocycles. The summed E-state index contributed by atoms with van der Waals surface area (Å²) in [5, 5.41) is -1.16. The minimum atomic E-state index is -4.17. The molecule has 1 amide bonds. The van der Waals surface area contributed by atoms with Gasteiger partial charge in [0.25, 0.3) is 3.12 Å². The Morgan fingerprint density at radius 2 is 1.82 bits per heavy atom. The molecule has 22 heavy (non-hydrogen) atoms. The van der Waals surface area contributed by atoms with E-state index in [4.69, 9.17) is 39.5 Å². The third-order valence-corrected chi connectivity index (χ3v) is 7.26. The van der Waals surface area contributed by atoms with Crippen molar-refractivity contribution in [3.05, 3.63) is 24.3 Å². The highest BCUT2D eigenvalue weighted by Gasteiger charge is 2.58. The molecular weight excluding hydrogens is 373 g/mol. The maximum atomic E-state index is 12.4. The number of nitrogens with zero attached hydrogens (tertiary/aromatic N) is 1. The van der Waals surface area contributed by atoms with Gasteiger partial charge in [-0.15, -0.1) is 0 Å². The molecule has 124 valence electrons. The average molecular weight is 389 g/mol. The van der Waals surface area contributed by atoms with Gasteiger partial charge in [-0.05, 0) is 26.3 Å². The van der Waals surface area contributed by atoms with Crippen LogP contribution in [-0.2, 0) is 14.6 Å². The van der Waals surface area contributed by atoms with Crippen molar-refractivity contribution in [1.82, 2.24) is 4.90 Å². The average Bonchev–Trinajstić information content (AvgIpc) is 2.79. The van der Waals surface area contributed by atoms with E-state index in [-0.39, 0.29) is 0 Å². The lowest BCUT2D eigenvalue weighted by Crippen LogP contribution is -2.44. The van der Waals surface area contributed by atoms with Gasteiger partial charge in [0.2, 0.25) is 9.84 Å². The van der Waals surface area contributed by atoms with Gasteiger partial charge in [0.15, 0.2) is 0 Å². The molecule has 0 radical (unpaired) electrons. The fourth-order valence-electron chi connectivity index (χ4n) is 2.60. The number of hydrogen-bond donors (Lipinski definition) is 0. The summed E-state index contributed by atoms with van der Waals surface area (Å²) in [6.07, 6.45) is 2.67. The van der Waals surface area contributed by atoms with Crippen LogP contribution in [-0.4, -0.2) is 45.5 Å². The van der Waals surface area contributed by atoms with E-state index in [0.29, 0.717) is 5.57 Å². The molecule has 0 spiro atoms. The van der Waals surface area contributed by atoms with Crippen LogP contribution in [0, 0.1) is 0 Å². The summed E-state index contributed by atoms with van der Waals surface area (Å²) in [4.78, 5) is 13.6. The van der Waals surface area contributed by atoms with Crippen LogP contribution in [0.5, 0.6) is 0 Å². The zero-order valence-electron chi connectivity index (χ0n) is 12.2. The number of rotatable bonds is 1. The quantitative estimate of drug-likeness (QED) is 0.511. The first-order valence-electron chi connectivity index (χ1n) is 6.46. The molecule has 3 atom stereocenters. The molecule has 0 aromatic heterocycles. The van der Waals surface area contributed by atoms with Gasteiger partial charge in [0.05, 0.1) is 12.1 Å². The summed E-state index contributed by atoms with van der Waals surface area (Å²) in [5.41, 5.74) is -0.408. The third-order valence-electron chi connectivity index (χ3n) is 3.43. The number of sulfone groups is 1. The Bertz CT molecular complexity index is 645. The Morgan fingerprint density at radius 1 is 1.27 bits per heavy atom. The minimum Gasteiger partial charge on any atom is -0.444 e. The zero-order chi connectivity index (χ0) is 17.1. The van der Waals surface area contributed by atoms with E-state index in [9.17, 15) is 13.2 Å². The molecule has 2 rings (SSSR count). The van der Waals surface area contributed by atoms with E-state index < -0.39 is 42.0 Å². The number of alkyl halides is 3. The highest BCUT2D eigenvalue weighted by Crippen LogP contribution is 2.46. The van der Waals surface area contributed by atoms with Gasteiger partial charge in [-0.3, -0.25) is 4.90 Å². The van der Waals surface area contributed by atoms with Crippen molar-refractivity contribution in [2.45, 2.75) is 46.8 Å². The fourth-order valence-corrected chi connectivity index (χ4v) is 4.88. The highest BCUT2D eigenvalue weighted by molar-refractivity contribution is 7.98. The molecule has 2 bridgehead atoms. The molecule has 1 saturated heterocycles. The Kier molecular flexibility index (Phi) is 4.31. The van der Waals surface area contributed by atoms with Crippen LogP contribution in [0.4, 0.5) is 4.79 Å². The Hall–Kier alpha value is -0.430. The largest absolute Gasteiger partial charge is 0.444 e. The molecule has 0 saturated carbocycles. The summed E-state index contributed by atoms with van der Waals surface area (Å²) in [7, 11) is -4.17. The van der Waals surface area contributed by atoms with Crippen LogP contribution in [0.3, 0.4) is 0 Å². The van der Waals surface area contributed by atoms with Crippen LogP contribution in [0.15, 0.2) is 24.3 Å². The molecule has 0 aromatic carbocycles. The summed E-state index contributed by atoms with van der Waals surface area (Å²) >= 11 is 16.8. The number of carbonyl (C=O) groups excluding carboxylic acids is 1. The predicted molar refractivity (Wildman–Crippen MR) is 86.9 cm³/mol. The number of fused-ring (bicyclic) bond motifs is 2.